The van der Waals surface area contributed by atoms with Crippen LogP contribution in [0.4, 0.5) is 26.3 Å². The molecule has 0 fully saturated rings. The lowest BCUT2D eigenvalue weighted by atomic mass is 10.1. The van der Waals surface area contributed by atoms with Crippen LogP contribution in [0.15, 0.2) is 12.1 Å². The van der Waals surface area contributed by atoms with Crippen LogP contribution in [0, 0.1) is 0 Å². The fourth-order valence-electron chi connectivity index (χ4n) is 1.92. The molecule has 0 bridgehead atoms. The summed E-state index contributed by atoms with van der Waals surface area (Å²) in [7, 11) is -4.55. The van der Waals surface area contributed by atoms with E-state index in [1.54, 1.807) is 0 Å². The van der Waals surface area contributed by atoms with Crippen molar-refractivity contribution in [3.05, 3.63) is 23.3 Å². The number of alkyl halides is 6. The van der Waals surface area contributed by atoms with Gasteiger partial charge in [0.15, 0.2) is 0 Å². The normalized spacial score (nSPS) is 14.7. The van der Waals surface area contributed by atoms with E-state index in [0.717, 1.165) is 14.2 Å². The van der Waals surface area contributed by atoms with Gasteiger partial charge in [0.25, 0.3) is 0 Å². The molecule has 29 heavy (non-hydrogen) atoms. The second-order valence-electron chi connectivity index (χ2n) is 5.35. The first-order valence-corrected chi connectivity index (χ1v) is 9.59. The Morgan fingerprint density at radius 2 is 1.41 bits per heavy atom. The lowest BCUT2D eigenvalue weighted by Crippen LogP contribution is -2.60. The van der Waals surface area contributed by atoms with Gasteiger partial charge in [0.05, 0.1) is 13.2 Å². The van der Waals surface area contributed by atoms with Gasteiger partial charge >= 0.3 is 26.5 Å². The highest BCUT2D eigenvalue weighted by atomic mass is 32.2. The third-order valence-electron chi connectivity index (χ3n) is 3.31. The first-order valence-electron chi connectivity index (χ1n) is 7.07. The average molecular weight is 476 g/mol. The number of ether oxygens (including phenoxy) is 2. The van der Waals surface area contributed by atoms with E-state index < -0.39 is 62.3 Å². The van der Waals surface area contributed by atoms with Crippen molar-refractivity contribution >= 4 is 21.2 Å². The molecule has 1 atom stereocenters. The molecule has 16 heteroatoms. The second-order valence-corrected chi connectivity index (χ2v) is 7.95. The zero-order valence-corrected chi connectivity index (χ0v) is 16.1. The maximum atomic E-state index is 13.8. The molecule has 0 aliphatic heterocycles. The molecule has 0 aliphatic carbocycles. The molecule has 2 N–H and O–H groups in total. The molecule has 0 heterocycles. The zero-order chi connectivity index (χ0) is 22.8. The number of halogens is 6. The maximum absolute atomic E-state index is 13.8. The Balaban J connectivity index is 3.46. The van der Waals surface area contributed by atoms with E-state index in [-0.39, 0.29) is 11.1 Å². The average Bonchev–Trinajstić information content (AvgIpc) is 2.58. The SMILES string of the molecule is COCc1cc(OS(=O)(=O)C(F)(F)C(F)(F)C(F)(F)S(=O)O)cc(COC)c1O. The minimum Gasteiger partial charge on any atom is -0.507 e. The van der Waals surface area contributed by atoms with E-state index in [1.807, 2.05) is 0 Å². The van der Waals surface area contributed by atoms with Crippen molar-refractivity contribution in [2.24, 2.45) is 0 Å². The molecule has 1 aromatic rings. The number of aromatic hydroxyl groups is 1. The van der Waals surface area contributed by atoms with Crippen LogP contribution in [-0.4, -0.2) is 52.9 Å². The molecule has 0 spiro atoms. The molecule has 0 saturated carbocycles. The maximum Gasteiger partial charge on any atom is 0.450 e. The molecular weight excluding hydrogens is 462 g/mol. The summed E-state index contributed by atoms with van der Waals surface area (Å²) in [5.74, 6) is -8.40. The molecule has 0 saturated heterocycles. The van der Waals surface area contributed by atoms with Crippen LogP contribution in [-0.2, 0) is 43.9 Å². The monoisotopic (exact) mass is 476 g/mol. The predicted molar refractivity (Wildman–Crippen MR) is 84.7 cm³/mol. The number of methoxy groups -OCH3 is 2. The van der Waals surface area contributed by atoms with Crippen LogP contribution >= 0.6 is 0 Å². The van der Waals surface area contributed by atoms with Crippen molar-refractivity contribution in [1.82, 2.24) is 0 Å². The highest BCUT2D eigenvalue weighted by Crippen LogP contribution is 2.50. The molecule has 1 unspecified atom stereocenters. The molecule has 8 nitrogen and oxygen atoms in total. The van der Waals surface area contributed by atoms with Crippen molar-refractivity contribution < 1.29 is 62.3 Å². The molecule has 0 aliphatic rings. The number of hydrogen-bond acceptors (Lipinski definition) is 7. The van der Waals surface area contributed by atoms with Crippen LogP contribution in [0.5, 0.6) is 11.5 Å². The third kappa shape index (κ3) is 4.60. The number of rotatable bonds is 10. The predicted octanol–water partition coefficient (Wildman–Crippen LogP) is 2.44. The molecule has 1 aromatic carbocycles. The molecule has 168 valence electrons. The Labute approximate surface area is 162 Å². The van der Waals surface area contributed by atoms with Crippen molar-refractivity contribution in [1.29, 1.82) is 0 Å². The van der Waals surface area contributed by atoms with Crippen LogP contribution in [0.3, 0.4) is 0 Å². The van der Waals surface area contributed by atoms with Crippen molar-refractivity contribution in [3.8, 4) is 11.5 Å². The van der Waals surface area contributed by atoms with Gasteiger partial charge < -0.3 is 23.3 Å². The summed E-state index contributed by atoms with van der Waals surface area (Å²) in [5.41, 5.74) is -0.465. The summed E-state index contributed by atoms with van der Waals surface area (Å²) in [6, 6.07) is 1.23. The van der Waals surface area contributed by atoms with Gasteiger partial charge in [-0.1, -0.05) is 0 Å². The van der Waals surface area contributed by atoms with Crippen LogP contribution in [0.25, 0.3) is 0 Å². The molecule has 0 radical (unpaired) electrons. The minimum atomic E-state index is -6.84. The van der Waals surface area contributed by atoms with E-state index in [9.17, 15) is 44.1 Å². The Morgan fingerprint density at radius 1 is 1.00 bits per heavy atom. The minimum absolute atomic E-state index is 0.232. The lowest BCUT2D eigenvalue weighted by molar-refractivity contribution is -0.245. The Morgan fingerprint density at radius 3 is 1.76 bits per heavy atom. The van der Waals surface area contributed by atoms with Gasteiger partial charge in [0.1, 0.15) is 11.5 Å². The quantitative estimate of drug-likeness (QED) is 0.300. The fourth-order valence-corrected chi connectivity index (χ4v) is 3.23. The summed E-state index contributed by atoms with van der Waals surface area (Å²) in [6.07, 6.45) is 0. The highest BCUT2D eigenvalue weighted by Gasteiger charge is 2.81. The Bertz CT molecular complexity index is 847. The van der Waals surface area contributed by atoms with E-state index in [2.05, 4.69) is 13.7 Å². The van der Waals surface area contributed by atoms with Crippen molar-refractivity contribution in [3.63, 3.8) is 0 Å². The molecule has 1 rings (SSSR count). The summed E-state index contributed by atoms with van der Waals surface area (Å²) in [6.45, 7) is -0.818. The van der Waals surface area contributed by atoms with Gasteiger partial charge in [0.2, 0.25) is 11.1 Å². The summed E-state index contributed by atoms with van der Waals surface area (Å²) >= 11 is -4.84. The molecule has 0 aromatic heterocycles. The van der Waals surface area contributed by atoms with Crippen LogP contribution in [0.2, 0.25) is 0 Å². The fraction of sp³-hybridized carbons (Fsp3) is 0.538. The number of hydrogen-bond donors (Lipinski definition) is 2. The van der Waals surface area contributed by atoms with Gasteiger partial charge in [0, 0.05) is 25.3 Å². The lowest BCUT2D eigenvalue weighted by Gasteiger charge is -2.29. The summed E-state index contributed by atoms with van der Waals surface area (Å²) in [5, 5.41) is -3.01. The third-order valence-corrected chi connectivity index (χ3v) is 5.30. The van der Waals surface area contributed by atoms with Crippen LogP contribution < -0.4 is 4.18 Å². The van der Waals surface area contributed by atoms with Crippen molar-refractivity contribution in [2.45, 2.75) is 29.6 Å². The van der Waals surface area contributed by atoms with Crippen molar-refractivity contribution in [2.75, 3.05) is 14.2 Å². The molecular formula is C13H14F6O8S2. The summed E-state index contributed by atoms with van der Waals surface area (Å²) < 4.78 is 136. The van der Waals surface area contributed by atoms with E-state index >= 15 is 0 Å². The highest BCUT2D eigenvalue weighted by molar-refractivity contribution is 7.88. The number of phenols is 1. The first kappa shape index (κ1) is 25.4. The topological polar surface area (TPSA) is 119 Å². The largest absolute Gasteiger partial charge is 0.507 e. The summed E-state index contributed by atoms with van der Waals surface area (Å²) in [4.78, 5) is 0. The van der Waals surface area contributed by atoms with Gasteiger partial charge in [-0.05, 0) is 12.1 Å². The standard InChI is InChI=1S/C13H14F6O8S2/c1-25-5-7-3-9(4-8(6-26-2)10(7)20)27-29(23,24)13(18,19)11(14,15)12(16,17)28(21)22/h3-4,20H,5-6H2,1-2H3,(H,21,22). The number of phenolic OH excluding ortho intramolecular Hbond substituents is 1. The first-order chi connectivity index (χ1) is 13.1. The Kier molecular flexibility index (Phi) is 7.56. The van der Waals surface area contributed by atoms with Gasteiger partial charge in [-0.15, -0.1) is 0 Å². The number of benzene rings is 1. The zero-order valence-electron chi connectivity index (χ0n) is 14.5. The smallest absolute Gasteiger partial charge is 0.450 e. The van der Waals surface area contributed by atoms with Gasteiger partial charge in [-0.2, -0.15) is 34.8 Å². The molecule has 0 amide bonds. The van der Waals surface area contributed by atoms with Gasteiger partial charge in [-0.3, -0.25) is 0 Å². The van der Waals surface area contributed by atoms with Crippen LogP contribution in [0.1, 0.15) is 11.1 Å². The van der Waals surface area contributed by atoms with E-state index in [4.69, 9.17) is 4.55 Å². The van der Waals surface area contributed by atoms with Gasteiger partial charge in [-0.25, -0.2) is 4.21 Å². The van der Waals surface area contributed by atoms with E-state index in [0.29, 0.717) is 12.1 Å². The van der Waals surface area contributed by atoms with E-state index in [1.165, 1.54) is 0 Å². The Hall–Kier alpha value is -1.62. The second kappa shape index (κ2) is 8.63.